The Hall–Kier alpha value is -1.02. The first-order chi connectivity index (χ1) is 7.29. The summed E-state index contributed by atoms with van der Waals surface area (Å²) in [6.07, 6.45) is 2.37. The van der Waals surface area contributed by atoms with E-state index < -0.39 is 0 Å². The Bertz CT molecular complexity index is 335. The highest BCUT2D eigenvalue weighted by atomic mass is 16.5. The van der Waals surface area contributed by atoms with Crippen LogP contribution in [0, 0.1) is 0 Å². The highest BCUT2D eigenvalue weighted by Crippen LogP contribution is 2.24. The molecule has 0 saturated heterocycles. The fourth-order valence-corrected chi connectivity index (χ4v) is 2.02. The molecule has 2 rings (SSSR count). The number of hydrogen-bond acceptors (Lipinski definition) is 2. The summed E-state index contributed by atoms with van der Waals surface area (Å²) in [4.78, 5) is 2.31. The lowest BCUT2D eigenvalue weighted by Gasteiger charge is -2.12. The molecule has 0 N–H and O–H groups in total. The largest absolute Gasteiger partial charge is 0.492 e. The van der Waals surface area contributed by atoms with Gasteiger partial charge in [-0.15, -0.1) is 0 Å². The van der Waals surface area contributed by atoms with E-state index in [-0.39, 0.29) is 0 Å². The normalized spacial score (nSPS) is 16.7. The minimum Gasteiger partial charge on any atom is -0.492 e. The number of likely N-dealkylation sites (N-methyl/N-ethyl adjacent to an activating group) is 1. The van der Waals surface area contributed by atoms with E-state index in [1.54, 1.807) is 0 Å². The summed E-state index contributed by atoms with van der Waals surface area (Å²) < 4.78 is 5.71. The highest BCUT2D eigenvalue weighted by Gasteiger charge is 2.12. The van der Waals surface area contributed by atoms with Crippen molar-refractivity contribution < 1.29 is 4.74 Å². The van der Waals surface area contributed by atoms with Gasteiger partial charge in [-0.3, -0.25) is 4.90 Å². The van der Waals surface area contributed by atoms with Crippen LogP contribution in [0.2, 0.25) is 0 Å². The molecule has 0 fully saturated rings. The summed E-state index contributed by atoms with van der Waals surface area (Å²) in [6, 6.07) is 6.60. The Morgan fingerprint density at radius 2 is 2.27 bits per heavy atom. The summed E-state index contributed by atoms with van der Waals surface area (Å²) in [5.41, 5.74) is 2.76. The molecule has 0 saturated carbocycles. The molecule has 0 radical (unpaired) electrons. The van der Waals surface area contributed by atoms with E-state index in [0.29, 0.717) is 0 Å². The average Bonchev–Trinajstić information content (AvgIpc) is 2.38. The molecule has 0 atom stereocenters. The molecular formula is C13H19NO. The van der Waals surface area contributed by atoms with Gasteiger partial charge in [0.25, 0.3) is 0 Å². The molecule has 2 heteroatoms. The van der Waals surface area contributed by atoms with Gasteiger partial charge in [0.2, 0.25) is 0 Å². The molecule has 2 nitrogen and oxygen atoms in total. The molecule has 82 valence electrons. The molecule has 0 bridgehead atoms. The predicted molar refractivity (Wildman–Crippen MR) is 62.3 cm³/mol. The zero-order valence-electron chi connectivity index (χ0n) is 9.62. The molecule has 0 spiro atoms. The van der Waals surface area contributed by atoms with Crippen molar-refractivity contribution in [2.45, 2.75) is 26.3 Å². The molecule has 0 aromatic heterocycles. The van der Waals surface area contributed by atoms with Crippen LogP contribution in [0.5, 0.6) is 5.75 Å². The standard InChI is InChI=1S/C13H19NO/c1-3-4-11-5-6-13-12(9-11)10-14(2)7-8-15-13/h5-6,9H,3-4,7-8,10H2,1-2H3. The van der Waals surface area contributed by atoms with Gasteiger partial charge in [0.1, 0.15) is 12.4 Å². The maximum Gasteiger partial charge on any atom is 0.123 e. The zero-order valence-corrected chi connectivity index (χ0v) is 9.62. The minimum absolute atomic E-state index is 0.802. The monoisotopic (exact) mass is 205 g/mol. The van der Waals surface area contributed by atoms with Crippen LogP contribution < -0.4 is 4.74 Å². The zero-order chi connectivity index (χ0) is 10.7. The van der Waals surface area contributed by atoms with E-state index in [0.717, 1.165) is 31.9 Å². The van der Waals surface area contributed by atoms with Gasteiger partial charge in [-0.2, -0.15) is 0 Å². The van der Waals surface area contributed by atoms with Gasteiger partial charge in [-0.25, -0.2) is 0 Å². The molecule has 1 aliphatic heterocycles. The van der Waals surface area contributed by atoms with Crippen LogP contribution in [0.4, 0.5) is 0 Å². The lowest BCUT2D eigenvalue weighted by atomic mass is 10.1. The van der Waals surface area contributed by atoms with Crippen LogP contribution in [-0.4, -0.2) is 25.1 Å². The molecule has 0 unspecified atom stereocenters. The summed E-state index contributed by atoms with van der Waals surface area (Å²) in [6.45, 7) is 5.04. The first-order valence-corrected chi connectivity index (χ1v) is 5.72. The van der Waals surface area contributed by atoms with E-state index in [1.807, 2.05) is 0 Å². The Labute approximate surface area is 91.9 Å². The number of rotatable bonds is 2. The smallest absolute Gasteiger partial charge is 0.123 e. The van der Waals surface area contributed by atoms with Crippen LogP contribution in [0.15, 0.2) is 18.2 Å². The van der Waals surface area contributed by atoms with Crippen LogP contribution >= 0.6 is 0 Å². The number of aryl methyl sites for hydroxylation is 1. The Kier molecular flexibility index (Phi) is 3.27. The molecule has 0 aliphatic carbocycles. The first kappa shape index (κ1) is 10.5. The van der Waals surface area contributed by atoms with Crippen molar-refractivity contribution in [1.29, 1.82) is 0 Å². The lowest BCUT2D eigenvalue weighted by molar-refractivity contribution is 0.259. The maximum absolute atomic E-state index is 5.71. The predicted octanol–water partition coefficient (Wildman–Crippen LogP) is 2.46. The van der Waals surface area contributed by atoms with Crippen LogP contribution in [-0.2, 0) is 13.0 Å². The SMILES string of the molecule is CCCc1ccc2c(c1)CN(C)CCO2. The second-order valence-electron chi connectivity index (χ2n) is 4.28. The number of nitrogens with zero attached hydrogens (tertiary/aromatic N) is 1. The summed E-state index contributed by atoms with van der Waals surface area (Å²) >= 11 is 0. The van der Waals surface area contributed by atoms with E-state index in [2.05, 4.69) is 37.1 Å². The van der Waals surface area contributed by atoms with Crippen molar-refractivity contribution in [1.82, 2.24) is 4.90 Å². The first-order valence-electron chi connectivity index (χ1n) is 5.72. The van der Waals surface area contributed by atoms with Gasteiger partial charge in [-0.1, -0.05) is 25.5 Å². The van der Waals surface area contributed by atoms with Crippen LogP contribution in [0.1, 0.15) is 24.5 Å². The van der Waals surface area contributed by atoms with E-state index in [1.165, 1.54) is 17.5 Å². The number of ether oxygens (including phenoxy) is 1. The number of fused-ring (bicyclic) bond motifs is 1. The Morgan fingerprint density at radius 1 is 1.40 bits per heavy atom. The number of hydrogen-bond donors (Lipinski definition) is 0. The van der Waals surface area contributed by atoms with Crippen molar-refractivity contribution in [2.75, 3.05) is 20.2 Å². The van der Waals surface area contributed by atoms with E-state index >= 15 is 0 Å². The van der Waals surface area contributed by atoms with Gasteiger partial charge in [0.05, 0.1) is 0 Å². The van der Waals surface area contributed by atoms with Crippen LogP contribution in [0.25, 0.3) is 0 Å². The molecule has 1 aliphatic rings. The molecule has 1 heterocycles. The van der Waals surface area contributed by atoms with Gasteiger partial charge in [0, 0.05) is 18.7 Å². The summed E-state index contributed by atoms with van der Waals surface area (Å²) in [5.74, 6) is 1.07. The van der Waals surface area contributed by atoms with Crippen LogP contribution in [0.3, 0.4) is 0 Å². The topological polar surface area (TPSA) is 12.5 Å². The Morgan fingerprint density at radius 3 is 3.07 bits per heavy atom. The van der Waals surface area contributed by atoms with Crippen molar-refractivity contribution in [3.63, 3.8) is 0 Å². The van der Waals surface area contributed by atoms with Gasteiger partial charge in [-0.05, 0) is 25.1 Å². The molecule has 0 amide bonds. The molecular weight excluding hydrogens is 186 g/mol. The fraction of sp³-hybridized carbons (Fsp3) is 0.538. The van der Waals surface area contributed by atoms with E-state index in [4.69, 9.17) is 4.74 Å². The molecule has 1 aromatic carbocycles. The van der Waals surface area contributed by atoms with Gasteiger partial charge in [0.15, 0.2) is 0 Å². The lowest BCUT2D eigenvalue weighted by Crippen LogP contribution is -2.20. The third-order valence-electron chi connectivity index (χ3n) is 2.83. The minimum atomic E-state index is 0.802. The van der Waals surface area contributed by atoms with Gasteiger partial charge < -0.3 is 4.74 Å². The molecule has 1 aromatic rings. The average molecular weight is 205 g/mol. The number of benzene rings is 1. The highest BCUT2D eigenvalue weighted by molar-refractivity contribution is 5.37. The Balaban J connectivity index is 2.25. The van der Waals surface area contributed by atoms with Crippen molar-refractivity contribution in [3.05, 3.63) is 29.3 Å². The quantitative estimate of drug-likeness (QED) is 0.735. The van der Waals surface area contributed by atoms with Crippen molar-refractivity contribution >= 4 is 0 Å². The second kappa shape index (κ2) is 4.67. The maximum atomic E-state index is 5.71. The van der Waals surface area contributed by atoms with Crippen molar-refractivity contribution in [3.8, 4) is 5.75 Å². The van der Waals surface area contributed by atoms with E-state index in [9.17, 15) is 0 Å². The summed E-state index contributed by atoms with van der Waals surface area (Å²) in [7, 11) is 2.14. The summed E-state index contributed by atoms with van der Waals surface area (Å²) in [5, 5.41) is 0. The van der Waals surface area contributed by atoms with Crippen molar-refractivity contribution in [2.24, 2.45) is 0 Å². The fourth-order valence-electron chi connectivity index (χ4n) is 2.02. The third kappa shape index (κ3) is 2.51. The third-order valence-corrected chi connectivity index (χ3v) is 2.83. The molecule has 15 heavy (non-hydrogen) atoms. The van der Waals surface area contributed by atoms with Gasteiger partial charge >= 0.3 is 0 Å². The second-order valence-corrected chi connectivity index (χ2v) is 4.28.